The Morgan fingerprint density at radius 1 is 1.19 bits per heavy atom. The Bertz CT molecular complexity index is 767. The largest absolute Gasteiger partial charge is 0.369 e. The number of aromatic nitrogens is 3. The number of allylic oxidation sites excluding steroid dienone is 4. The summed E-state index contributed by atoms with van der Waals surface area (Å²) in [4.78, 5) is 28.1. The van der Waals surface area contributed by atoms with Gasteiger partial charge in [-0.2, -0.15) is 5.10 Å². The minimum Gasteiger partial charge on any atom is -0.369 e. The van der Waals surface area contributed by atoms with Crippen LogP contribution in [0, 0.1) is 0 Å². The molecule has 1 aliphatic rings. The minimum absolute atomic E-state index is 0.351. The normalized spacial score (nSPS) is 16.4. The van der Waals surface area contributed by atoms with Crippen LogP contribution in [0.25, 0.3) is 0 Å². The second-order valence-electron chi connectivity index (χ2n) is 6.40. The smallest absolute Gasteiger partial charge is 0.347 e. The molecule has 0 spiro atoms. The van der Waals surface area contributed by atoms with Gasteiger partial charge in [0, 0.05) is 45.5 Å². The zero-order chi connectivity index (χ0) is 18.9. The summed E-state index contributed by atoms with van der Waals surface area (Å²) in [5, 5.41) is 3.92. The summed E-state index contributed by atoms with van der Waals surface area (Å²) in [6.45, 7) is 11.5. The molecule has 0 unspecified atom stereocenters. The van der Waals surface area contributed by atoms with Gasteiger partial charge in [-0.1, -0.05) is 18.7 Å². The maximum absolute atomic E-state index is 11.9. The molecule has 0 N–H and O–H groups in total. The van der Waals surface area contributed by atoms with Crippen LogP contribution >= 0.6 is 0 Å². The topological polar surface area (TPSA) is 63.4 Å². The molecule has 1 aliphatic heterocycles. The molecule has 1 saturated heterocycles. The third-order valence-electron chi connectivity index (χ3n) is 4.65. The fourth-order valence-corrected chi connectivity index (χ4v) is 3.00. The average Bonchev–Trinajstić information content (AvgIpc) is 2.66. The van der Waals surface area contributed by atoms with Crippen LogP contribution in [0.3, 0.4) is 0 Å². The molecule has 1 aromatic rings. The molecular formula is C19H29N5O2. The fourth-order valence-electron chi connectivity index (χ4n) is 3.00. The van der Waals surface area contributed by atoms with Crippen LogP contribution in [0.2, 0.25) is 0 Å². The predicted molar refractivity (Wildman–Crippen MR) is 104 cm³/mol. The van der Waals surface area contributed by atoms with Gasteiger partial charge in [0.1, 0.15) is 6.20 Å². The first-order chi connectivity index (χ1) is 12.6. The van der Waals surface area contributed by atoms with Crippen molar-refractivity contribution in [1.29, 1.82) is 0 Å². The molecule has 1 aromatic heterocycles. The van der Waals surface area contributed by atoms with Gasteiger partial charge in [0.2, 0.25) is 0 Å². The Balaban J connectivity index is 1.74. The predicted octanol–water partition coefficient (Wildman–Crippen LogP) is 0.986. The zero-order valence-electron chi connectivity index (χ0n) is 15.8. The molecule has 0 amide bonds. The van der Waals surface area contributed by atoms with Crippen molar-refractivity contribution in [3.63, 3.8) is 0 Å². The number of piperazine rings is 1. The number of nitrogens with zero attached hydrogens (tertiary/aromatic N) is 5. The van der Waals surface area contributed by atoms with Crippen LogP contribution in [0.15, 0.2) is 52.4 Å². The summed E-state index contributed by atoms with van der Waals surface area (Å²) < 4.78 is 2.45. The van der Waals surface area contributed by atoms with Crippen LogP contribution in [0.1, 0.15) is 19.8 Å². The molecule has 0 radical (unpaired) electrons. The number of aryl methyl sites for hydroxylation is 1. The van der Waals surface area contributed by atoms with Gasteiger partial charge >= 0.3 is 5.69 Å². The Kier molecular flexibility index (Phi) is 7.59. The van der Waals surface area contributed by atoms with E-state index in [1.165, 1.54) is 23.6 Å². The van der Waals surface area contributed by atoms with Crippen LogP contribution in [0.4, 0.5) is 0 Å². The molecule has 2 heterocycles. The molecule has 7 heteroatoms. The molecule has 0 saturated carbocycles. The summed E-state index contributed by atoms with van der Waals surface area (Å²) >= 11 is 0. The van der Waals surface area contributed by atoms with Crippen molar-refractivity contribution in [1.82, 2.24) is 24.1 Å². The van der Waals surface area contributed by atoms with Crippen molar-refractivity contribution >= 4 is 0 Å². The second kappa shape index (κ2) is 9.91. The molecule has 2 rings (SSSR count). The highest BCUT2D eigenvalue weighted by molar-refractivity contribution is 5.21. The van der Waals surface area contributed by atoms with E-state index in [0.29, 0.717) is 6.54 Å². The Labute approximate surface area is 154 Å². The summed E-state index contributed by atoms with van der Waals surface area (Å²) in [5.41, 5.74) is 0.449. The third-order valence-corrected chi connectivity index (χ3v) is 4.65. The summed E-state index contributed by atoms with van der Waals surface area (Å²) in [6, 6.07) is 0. The highest BCUT2D eigenvalue weighted by Gasteiger charge is 2.16. The maximum atomic E-state index is 11.9. The lowest BCUT2D eigenvalue weighted by molar-refractivity contribution is 0.159. The molecule has 0 aromatic carbocycles. The molecule has 142 valence electrons. The van der Waals surface area contributed by atoms with E-state index in [4.69, 9.17) is 0 Å². The molecule has 0 aliphatic carbocycles. The first-order valence-corrected chi connectivity index (χ1v) is 9.12. The van der Waals surface area contributed by atoms with Crippen molar-refractivity contribution in [3.8, 4) is 0 Å². The van der Waals surface area contributed by atoms with E-state index in [1.54, 1.807) is 0 Å². The number of unbranched alkanes of at least 4 members (excludes halogenated alkanes) is 1. The first-order valence-electron chi connectivity index (χ1n) is 9.12. The fraction of sp³-hybridized carbons (Fsp3) is 0.526. The van der Waals surface area contributed by atoms with Gasteiger partial charge in [-0.25, -0.2) is 9.48 Å². The average molecular weight is 359 g/mol. The van der Waals surface area contributed by atoms with Gasteiger partial charge in [0.05, 0.1) is 0 Å². The number of hydrogen-bond acceptors (Lipinski definition) is 5. The maximum Gasteiger partial charge on any atom is 0.347 e. The van der Waals surface area contributed by atoms with Crippen LogP contribution in [0.5, 0.6) is 0 Å². The summed E-state index contributed by atoms with van der Waals surface area (Å²) in [6.07, 6.45) is 11.1. The van der Waals surface area contributed by atoms with E-state index in [0.717, 1.165) is 50.1 Å². The van der Waals surface area contributed by atoms with Crippen LogP contribution < -0.4 is 11.2 Å². The summed E-state index contributed by atoms with van der Waals surface area (Å²) in [7, 11) is 1.48. The van der Waals surface area contributed by atoms with Crippen molar-refractivity contribution in [2.24, 2.45) is 7.05 Å². The van der Waals surface area contributed by atoms with Crippen molar-refractivity contribution in [2.45, 2.75) is 26.3 Å². The quantitative estimate of drug-likeness (QED) is 0.512. The molecule has 0 atom stereocenters. The van der Waals surface area contributed by atoms with E-state index < -0.39 is 0 Å². The molecule has 0 bridgehead atoms. The van der Waals surface area contributed by atoms with Gasteiger partial charge in [0.15, 0.2) is 0 Å². The highest BCUT2D eigenvalue weighted by atomic mass is 16.2. The lowest BCUT2D eigenvalue weighted by Gasteiger charge is -2.36. The van der Waals surface area contributed by atoms with E-state index >= 15 is 0 Å². The Morgan fingerprint density at radius 3 is 2.54 bits per heavy atom. The minimum atomic E-state index is -0.369. The van der Waals surface area contributed by atoms with Gasteiger partial charge in [0.25, 0.3) is 5.56 Å². The van der Waals surface area contributed by atoms with Crippen LogP contribution in [-0.2, 0) is 13.6 Å². The SMILES string of the molecule is C=CC(=CC=CC)N1CCN(CCCCn2ncc(=O)n(C)c2=O)CC1. The highest BCUT2D eigenvalue weighted by Crippen LogP contribution is 2.11. The summed E-state index contributed by atoms with van der Waals surface area (Å²) in [5.74, 6) is 0. The lowest BCUT2D eigenvalue weighted by atomic mass is 10.2. The first kappa shape index (κ1) is 19.9. The molecule has 26 heavy (non-hydrogen) atoms. The standard InChI is InChI=1S/C19H29N5O2/c1-4-6-9-17(5-2)23-14-12-22(13-15-23)10-7-8-11-24-19(26)21(3)18(25)16-20-24/h4-6,9,16H,2,7-8,10-15H2,1,3H3. The monoisotopic (exact) mass is 359 g/mol. The van der Waals surface area contributed by atoms with Gasteiger partial charge in [-0.15, -0.1) is 0 Å². The van der Waals surface area contributed by atoms with E-state index in [9.17, 15) is 9.59 Å². The van der Waals surface area contributed by atoms with Crippen molar-refractivity contribution in [3.05, 3.63) is 63.6 Å². The number of hydrogen-bond donors (Lipinski definition) is 0. The Hall–Kier alpha value is -2.41. The number of rotatable bonds is 8. The van der Waals surface area contributed by atoms with Gasteiger partial charge in [-0.05, 0) is 38.5 Å². The molecular weight excluding hydrogens is 330 g/mol. The third kappa shape index (κ3) is 5.29. The Morgan fingerprint density at radius 2 is 1.88 bits per heavy atom. The van der Waals surface area contributed by atoms with E-state index in [2.05, 4.69) is 27.6 Å². The van der Waals surface area contributed by atoms with Crippen molar-refractivity contribution in [2.75, 3.05) is 32.7 Å². The van der Waals surface area contributed by atoms with Gasteiger partial charge in [-0.3, -0.25) is 14.3 Å². The lowest BCUT2D eigenvalue weighted by Crippen LogP contribution is -2.45. The van der Waals surface area contributed by atoms with Crippen molar-refractivity contribution < 1.29 is 0 Å². The van der Waals surface area contributed by atoms with Gasteiger partial charge < -0.3 is 4.90 Å². The van der Waals surface area contributed by atoms with E-state index in [1.807, 2.05) is 25.2 Å². The molecule has 7 nitrogen and oxygen atoms in total. The zero-order valence-corrected chi connectivity index (χ0v) is 15.8. The van der Waals surface area contributed by atoms with E-state index in [-0.39, 0.29) is 11.2 Å². The van der Waals surface area contributed by atoms with Crippen LogP contribution in [-0.4, -0.2) is 56.9 Å². The second-order valence-corrected chi connectivity index (χ2v) is 6.40. The molecule has 1 fully saturated rings.